The Morgan fingerprint density at radius 1 is 1.40 bits per heavy atom. The summed E-state index contributed by atoms with van der Waals surface area (Å²) < 4.78 is 44.1. The van der Waals surface area contributed by atoms with Gasteiger partial charge in [-0.05, 0) is 6.92 Å². The number of hydrogen-bond donors (Lipinski definition) is 1. The first-order valence-corrected chi connectivity index (χ1v) is 6.28. The van der Waals surface area contributed by atoms with Crippen LogP contribution in [0.25, 0.3) is 0 Å². The number of ether oxygens (including phenoxy) is 2. The third kappa shape index (κ3) is 6.36. The molecular formula is C10H11F3N2O4S. The van der Waals surface area contributed by atoms with Crippen molar-refractivity contribution in [1.29, 1.82) is 0 Å². The number of hydrogen-bond acceptors (Lipinski definition) is 6. The third-order valence-electron chi connectivity index (χ3n) is 1.76. The van der Waals surface area contributed by atoms with Crippen LogP contribution in [0.2, 0.25) is 0 Å². The van der Waals surface area contributed by atoms with Crippen LogP contribution in [0, 0.1) is 0 Å². The number of alkyl halides is 3. The van der Waals surface area contributed by atoms with E-state index in [4.69, 9.17) is 4.74 Å². The number of thiazole rings is 1. The molecule has 0 radical (unpaired) electrons. The van der Waals surface area contributed by atoms with Gasteiger partial charge in [0, 0.05) is 5.38 Å². The summed E-state index contributed by atoms with van der Waals surface area (Å²) in [7, 11) is 0. The second-order valence-corrected chi connectivity index (χ2v) is 4.30. The quantitative estimate of drug-likeness (QED) is 0.845. The van der Waals surface area contributed by atoms with E-state index in [2.05, 4.69) is 9.72 Å². The summed E-state index contributed by atoms with van der Waals surface area (Å²) in [5.74, 6) is -0.482. The molecule has 0 saturated carbocycles. The molecule has 0 saturated heterocycles. The first-order valence-electron chi connectivity index (χ1n) is 5.40. The van der Waals surface area contributed by atoms with Crippen LogP contribution in [0.4, 0.5) is 23.1 Å². The Hall–Kier alpha value is -1.84. The van der Waals surface area contributed by atoms with E-state index in [1.807, 2.05) is 5.32 Å². The number of amides is 1. The van der Waals surface area contributed by atoms with E-state index in [-0.39, 0.29) is 18.2 Å². The van der Waals surface area contributed by atoms with Crippen LogP contribution in [-0.2, 0) is 20.7 Å². The molecular weight excluding hydrogens is 301 g/mol. The Kier molecular flexibility index (Phi) is 5.74. The van der Waals surface area contributed by atoms with Crippen LogP contribution in [0.3, 0.4) is 0 Å². The molecule has 1 heterocycles. The summed E-state index contributed by atoms with van der Waals surface area (Å²) in [6, 6.07) is 0. The van der Waals surface area contributed by atoms with Gasteiger partial charge in [-0.15, -0.1) is 11.3 Å². The number of anilines is 1. The molecule has 1 N–H and O–H groups in total. The highest BCUT2D eigenvalue weighted by atomic mass is 32.1. The van der Waals surface area contributed by atoms with Crippen LogP contribution >= 0.6 is 11.3 Å². The van der Waals surface area contributed by atoms with Crippen molar-refractivity contribution in [3.05, 3.63) is 11.1 Å². The predicted molar refractivity (Wildman–Crippen MR) is 63.5 cm³/mol. The largest absolute Gasteiger partial charge is 0.466 e. The van der Waals surface area contributed by atoms with Crippen LogP contribution < -0.4 is 5.32 Å². The Morgan fingerprint density at radius 3 is 2.70 bits per heavy atom. The Bertz CT molecular complexity index is 475. The number of halogens is 3. The predicted octanol–water partition coefficient (Wildman–Crippen LogP) is 2.36. The molecule has 0 aliphatic heterocycles. The van der Waals surface area contributed by atoms with Gasteiger partial charge in [-0.3, -0.25) is 10.1 Å². The third-order valence-corrected chi connectivity index (χ3v) is 2.56. The highest BCUT2D eigenvalue weighted by molar-refractivity contribution is 7.13. The lowest BCUT2D eigenvalue weighted by Crippen LogP contribution is -2.23. The van der Waals surface area contributed by atoms with Crippen molar-refractivity contribution in [2.45, 2.75) is 19.5 Å². The summed E-state index contributed by atoms with van der Waals surface area (Å²) >= 11 is 0.959. The second-order valence-electron chi connectivity index (χ2n) is 3.44. The Morgan fingerprint density at radius 2 is 2.10 bits per heavy atom. The number of carbonyl (C=O) groups is 2. The van der Waals surface area contributed by atoms with E-state index in [1.165, 1.54) is 5.38 Å². The molecule has 0 unspecified atom stereocenters. The maximum Gasteiger partial charge on any atom is 0.422 e. The molecule has 1 aromatic rings. The van der Waals surface area contributed by atoms with Gasteiger partial charge in [-0.2, -0.15) is 13.2 Å². The van der Waals surface area contributed by atoms with E-state index in [0.717, 1.165) is 11.3 Å². The number of aromatic nitrogens is 1. The average molecular weight is 312 g/mol. The molecule has 10 heteroatoms. The van der Waals surface area contributed by atoms with Crippen molar-refractivity contribution in [3.8, 4) is 0 Å². The molecule has 20 heavy (non-hydrogen) atoms. The first kappa shape index (κ1) is 16.2. The van der Waals surface area contributed by atoms with Gasteiger partial charge in [0.25, 0.3) is 0 Å². The van der Waals surface area contributed by atoms with Gasteiger partial charge in [0.1, 0.15) is 0 Å². The lowest BCUT2D eigenvalue weighted by Gasteiger charge is -2.07. The van der Waals surface area contributed by atoms with Crippen molar-refractivity contribution in [2.75, 3.05) is 18.5 Å². The minimum absolute atomic E-state index is 0.0384. The Labute approximate surface area is 115 Å². The average Bonchev–Trinajstić information content (AvgIpc) is 2.73. The van der Waals surface area contributed by atoms with Gasteiger partial charge in [-0.25, -0.2) is 9.78 Å². The molecule has 0 bridgehead atoms. The standard InChI is InChI=1S/C10H11F3N2O4S/c1-2-18-7(16)3-6-4-20-8(14-6)15-9(17)19-5-10(11,12)13/h4H,2-3,5H2,1H3,(H,14,15,17). The molecule has 112 valence electrons. The highest BCUT2D eigenvalue weighted by Gasteiger charge is 2.29. The summed E-state index contributed by atoms with van der Waals surface area (Å²) in [6.45, 7) is 0.209. The van der Waals surface area contributed by atoms with Crippen molar-refractivity contribution in [2.24, 2.45) is 0 Å². The van der Waals surface area contributed by atoms with Crippen molar-refractivity contribution in [1.82, 2.24) is 4.98 Å². The van der Waals surface area contributed by atoms with Gasteiger partial charge in [0.15, 0.2) is 11.7 Å². The van der Waals surface area contributed by atoms with Crippen LogP contribution in [0.1, 0.15) is 12.6 Å². The minimum atomic E-state index is -4.59. The van der Waals surface area contributed by atoms with Gasteiger partial charge in [0.2, 0.25) is 0 Å². The molecule has 6 nitrogen and oxygen atoms in total. The molecule has 1 aromatic heterocycles. The van der Waals surface area contributed by atoms with Crippen LogP contribution in [0.5, 0.6) is 0 Å². The van der Waals surface area contributed by atoms with Crippen molar-refractivity contribution >= 4 is 28.5 Å². The molecule has 0 aromatic carbocycles. The number of nitrogens with zero attached hydrogens (tertiary/aromatic N) is 1. The lowest BCUT2D eigenvalue weighted by atomic mass is 10.3. The fraction of sp³-hybridized carbons (Fsp3) is 0.500. The monoisotopic (exact) mass is 312 g/mol. The number of rotatable bonds is 5. The van der Waals surface area contributed by atoms with Crippen LogP contribution in [-0.4, -0.2) is 36.4 Å². The smallest absolute Gasteiger partial charge is 0.422 e. The summed E-state index contributed by atoms with van der Waals surface area (Å²) in [4.78, 5) is 26.0. The summed E-state index contributed by atoms with van der Waals surface area (Å²) in [6.07, 6.45) is -5.93. The number of carbonyl (C=O) groups excluding carboxylic acids is 2. The van der Waals surface area contributed by atoms with E-state index >= 15 is 0 Å². The zero-order valence-corrected chi connectivity index (χ0v) is 11.1. The SMILES string of the molecule is CCOC(=O)Cc1csc(NC(=O)OCC(F)(F)F)n1. The molecule has 0 fully saturated rings. The number of nitrogens with one attached hydrogen (secondary N) is 1. The van der Waals surface area contributed by atoms with Crippen molar-refractivity contribution in [3.63, 3.8) is 0 Å². The summed E-state index contributed by atoms with van der Waals surface area (Å²) in [5, 5.41) is 3.56. The maximum atomic E-state index is 11.8. The topological polar surface area (TPSA) is 77.5 Å². The summed E-state index contributed by atoms with van der Waals surface area (Å²) in [5.41, 5.74) is 0.347. The fourth-order valence-electron chi connectivity index (χ4n) is 1.08. The zero-order valence-electron chi connectivity index (χ0n) is 10.3. The maximum absolute atomic E-state index is 11.8. The van der Waals surface area contributed by atoms with Gasteiger partial charge in [-0.1, -0.05) is 0 Å². The van der Waals surface area contributed by atoms with E-state index in [1.54, 1.807) is 6.92 Å². The molecule has 0 atom stereocenters. The second kappa shape index (κ2) is 7.08. The number of esters is 1. The molecule has 0 aliphatic rings. The fourth-order valence-corrected chi connectivity index (χ4v) is 1.77. The van der Waals surface area contributed by atoms with Crippen molar-refractivity contribution < 1.29 is 32.2 Å². The first-order chi connectivity index (χ1) is 9.30. The normalized spacial score (nSPS) is 11.0. The van der Waals surface area contributed by atoms with E-state index < -0.39 is 24.8 Å². The molecule has 0 spiro atoms. The Balaban J connectivity index is 2.43. The van der Waals surface area contributed by atoms with Gasteiger partial charge in [0.05, 0.1) is 18.7 Å². The lowest BCUT2D eigenvalue weighted by molar-refractivity contribution is -0.159. The molecule has 1 amide bonds. The van der Waals surface area contributed by atoms with Crippen LogP contribution in [0.15, 0.2) is 5.38 Å². The molecule has 0 aliphatic carbocycles. The minimum Gasteiger partial charge on any atom is -0.466 e. The molecule has 1 rings (SSSR count). The zero-order chi connectivity index (χ0) is 15.2. The van der Waals surface area contributed by atoms with E-state index in [0.29, 0.717) is 5.69 Å². The van der Waals surface area contributed by atoms with Gasteiger partial charge >= 0.3 is 18.2 Å². The van der Waals surface area contributed by atoms with Gasteiger partial charge < -0.3 is 9.47 Å². The highest BCUT2D eigenvalue weighted by Crippen LogP contribution is 2.18. The van der Waals surface area contributed by atoms with E-state index in [9.17, 15) is 22.8 Å².